The van der Waals surface area contributed by atoms with Crippen molar-refractivity contribution in [1.82, 2.24) is 24.5 Å². The van der Waals surface area contributed by atoms with E-state index >= 15 is 0 Å². The van der Waals surface area contributed by atoms with Crippen LogP contribution in [-0.2, 0) is 30.5 Å². The highest BCUT2D eigenvalue weighted by atomic mass is 32.2. The Morgan fingerprint density at radius 2 is 1.67 bits per heavy atom. The topological polar surface area (TPSA) is 152 Å². The van der Waals surface area contributed by atoms with E-state index in [0.717, 1.165) is 26.3 Å². The van der Waals surface area contributed by atoms with E-state index in [-0.39, 0.29) is 35.5 Å². The monoisotopic (exact) mass is 654 g/mol. The lowest BCUT2D eigenvalue weighted by Crippen LogP contribution is -2.58. The van der Waals surface area contributed by atoms with Crippen molar-refractivity contribution in [3.05, 3.63) is 65.9 Å². The molecular formula is C27H29F3N6O8S. The van der Waals surface area contributed by atoms with Crippen molar-refractivity contribution < 1.29 is 50.1 Å². The summed E-state index contributed by atoms with van der Waals surface area (Å²) in [6, 6.07) is 12.7. The van der Waals surface area contributed by atoms with Gasteiger partial charge in [0.2, 0.25) is 5.91 Å². The molecule has 14 nitrogen and oxygen atoms in total. The molecule has 1 fully saturated rings. The first kappa shape index (κ1) is 31.6. The second-order valence-corrected chi connectivity index (χ2v) is 12.2. The Bertz CT molecular complexity index is 1760. The highest BCUT2D eigenvalue weighted by Crippen LogP contribution is 2.33. The summed E-state index contributed by atoms with van der Waals surface area (Å²) in [7, 11) is -4.30. The van der Waals surface area contributed by atoms with Crippen LogP contribution in [0.25, 0.3) is 16.9 Å². The molecule has 0 radical (unpaired) electrons. The van der Waals surface area contributed by atoms with Crippen LogP contribution in [0.15, 0.2) is 64.1 Å². The number of amides is 1. The number of halogens is 3. The maximum absolute atomic E-state index is 13.5. The zero-order valence-corrected chi connectivity index (χ0v) is 25.2. The summed E-state index contributed by atoms with van der Waals surface area (Å²) in [5.41, 5.74) is 0.648. The molecule has 45 heavy (non-hydrogen) atoms. The third-order valence-electron chi connectivity index (χ3n) is 6.54. The molecule has 0 aliphatic carbocycles. The van der Waals surface area contributed by atoms with Crippen molar-refractivity contribution in [3.8, 4) is 16.9 Å². The van der Waals surface area contributed by atoms with Crippen LogP contribution in [-0.4, -0.2) is 65.7 Å². The van der Waals surface area contributed by atoms with Gasteiger partial charge in [-0.25, -0.2) is 22.6 Å². The minimum Gasteiger partial charge on any atom is -0.431 e. The van der Waals surface area contributed by atoms with Crippen molar-refractivity contribution in [2.75, 3.05) is 18.1 Å². The maximum Gasteiger partial charge on any atom is 0.511 e. The molecule has 1 aliphatic heterocycles. The van der Waals surface area contributed by atoms with E-state index in [1.54, 1.807) is 38.1 Å². The number of hydrogen-bond donors (Lipinski definition) is 1. The van der Waals surface area contributed by atoms with E-state index in [1.165, 1.54) is 36.2 Å². The summed E-state index contributed by atoms with van der Waals surface area (Å²) in [5.74, 6) is -1.47. The van der Waals surface area contributed by atoms with Crippen LogP contribution in [0.2, 0.25) is 0 Å². The number of aryl methyl sites for hydroxylation is 1. The first-order chi connectivity index (χ1) is 21.1. The van der Waals surface area contributed by atoms with Crippen LogP contribution in [0.1, 0.15) is 32.0 Å². The molecule has 242 valence electrons. The zero-order valence-electron chi connectivity index (χ0n) is 24.4. The summed E-state index contributed by atoms with van der Waals surface area (Å²) < 4.78 is 84.2. The van der Waals surface area contributed by atoms with E-state index in [2.05, 4.69) is 5.10 Å². The number of benzene rings is 2. The maximum atomic E-state index is 13.5. The number of rotatable bonds is 10. The molecule has 18 heteroatoms. The lowest BCUT2D eigenvalue weighted by Gasteiger charge is -2.34. The lowest BCUT2D eigenvalue weighted by molar-refractivity contribution is -0.141. The summed E-state index contributed by atoms with van der Waals surface area (Å²) in [4.78, 5) is 30.3. The number of sulfonamides is 1. The van der Waals surface area contributed by atoms with E-state index in [4.69, 9.17) is 18.9 Å². The number of carbonyl (C=O) groups is 2. The third-order valence-corrected chi connectivity index (χ3v) is 7.90. The number of ether oxygens (including phenoxy) is 2. The van der Waals surface area contributed by atoms with Gasteiger partial charge in [-0.3, -0.25) is 9.80 Å². The Labute approximate surface area is 254 Å². The molecule has 1 saturated heterocycles. The van der Waals surface area contributed by atoms with Gasteiger partial charge in [0.1, 0.15) is 5.02 Å². The molecule has 1 unspecified atom stereocenters. The summed E-state index contributed by atoms with van der Waals surface area (Å²) in [6.45, 7) is 6.77. The second kappa shape index (κ2) is 11.9. The summed E-state index contributed by atoms with van der Waals surface area (Å²) in [6.07, 6.45) is -7.04. The Kier molecular flexibility index (Phi) is 8.35. The first-order valence-electron chi connectivity index (χ1n) is 13.6. The van der Waals surface area contributed by atoms with Crippen LogP contribution < -0.4 is 14.6 Å². The highest BCUT2D eigenvalue weighted by Gasteiger charge is 2.40. The smallest absolute Gasteiger partial charge is 0.431 e. The van der Waals surface area contributed by atoms with Gasteiger partial charge in [0.15, 0.2) is 5.69 Å². The van der Waals surface area contributed by atoms with E-state index in [9.17, 15) is 31.2 Å². The SMILES string of the molecule is Cc1ccc(-c2cc(C(F)(F)F)nn2-c2ccc(S(=O)(=O)NC(=O)C3CN(n4on4OC(C)OC(=O)OC(C)C)C3)cc2)cc1. The highest BCUT2D eigenvalue weighted by molar-refractivity contribution is 7.90. The zero-order chi connectivity index (χ0) is 32.7. The lowest BCUT2D eigenvalue weighted by atomic mass is 10.0. The van der Waals surface area contributed by atoms with E-state index < -0.39 is 46.2 Å². The summed E-state index contributed by atoms with van der Waals surface area (Å²) >= 11 is 0. The second-order valence-electron chi connectivity index (χ2n) is 10.5. The molecule has 0 saturated carbocycles. The average Bonchev–Trinajstić information content (AvgIpc) is 3.48. The van der Waals surface area contributed by atoms with Crippen LogP contribution in [0.3, 0.4) is 0 Å². The quantitative estimate of drug-likeness (QED) is 0.199. The molecule has 2 aromatic carbocycles. The van der Waals surface area contributed by atoms with Crippen LogP contribution >= 0.6 is 0 Å². The first-order valence-corrected chi connectivity index (χ1v) is 15.1. The molecule has 2 aromatic heterocycles. The predicted octanol–water partition coefficient (Wildman–Crippen LogP) is 3.47. The molecule has 0 spiro atoms. The number of nitrogens with one attached hydrogen (secondary N) is 1. The van der Waals surface area contributed by atoms with Gasteiger partial charge < -0.3 is 14.3 Å². The standard InChI is InChI=1S/C27H29F3N6O8S/c1-16(2)41-26(38)42-18(4)43-36-35(44-36)33-14-20(15-33)25(37)32-45(39,40)22-11-9-21(10-12-22)34-23(13-24(31-34)27(28,29)30)19-7-5-17(3)6-8-19/h5-13,16,18,20H,14-15H2,1-4H3,(H,32,37). The molecule has 0 bridgehead atoms. The Morgan fingerprint density at radius 3 is 2.27 bits per heavy atom. The number of nitrogens with zero attached hydrogens (tertiary/aromatic N) is 5. The normalized spacial score (nSPS) is 14.7. The van der Waals surface area contributed by atoms with Crippen molar-refractivity contribution in [3.63, 3.8) is 0 Å². The number of aromatic nitrogens is 4. The fourth-order valence-corrected chi connectivity index (χ4v) is 5.26. The minimum atomic E-state index is -4.70. The van der Waals surface area contributed by atoms with Gasteiger partial charge in [0, 0.05) is 17.5 Å². The molecule has 3 heterocycles. The minimum absolute atomic E-state index is 0.0907. The molecule has 4 aromatic rings. The largest absolute Gasteiger partial charge is 0.511 e. The van der Waals surface area contributed by atoms with Crippen LogP contribution in [0, 0.1) is 12.8 Å². The van der Waals surface area contributed by atoms with Gasteiger partial charge in [-0.15, -0.1) is 0 Å². The number of hydrogen-bond acceptors (Lipinski definition) is 10. The fourth-order valence-electron chi connectivity index (χ4n) is 4.21. The van der Waals surface area contributed by atoms with Crippen molar-refractivity contribution in [1.29, 1.82) is 0 Å². The molecular weight excluding hydrogens is 625 g/mol. The number of alkyl halides is 3. The third kappa shape index (κ3) is 7.27. The molecule has 1 aliphatic rings. The number of carbonyl (C=O) groups excluding carboxylic acids is 2. The molecule has 1 amide bonds. The summed E-state index contributed by atoms with van der Waals surface area (Å²) in [5, 5.41) is 6.14. The average molecular weight is 655 g/mol. The van der Waals surface area contributed by atoms with Gasteiger partial charge in [-0.1, -0.05) is 29.8 Å². The van der Waals surface area contributed by atoms with Crippen molar-refractivity contribution in [2.45, 2.75) is 51.2 Å². The van der Waals surface area contributed by atoms with Gasteiger partial charge in [-0.2, -0.15) is 22.9 Å². The van der Waals surface area contributed by atoms with Gasteiger partial charge in [0.05, 0.1) is 41.4 Å². The van der Waals surface area contributed by atoms with E-state index in [1.807, 2.05) is 11.6 Å². The van der Waals surface area contributed by atoms with Crippen molar-refractivity contribution >= 4 is 22.1 Å². The Morgan fingerprint density at radius 1 is 1.02 bits per heavy atom. The fraction of sp³-hybridized carbons (Fsp3) is 0.370. The van der Waals surface area contributed by atoms with Gasteiger partial charge >= 0.3 is 12.3 Å². The molecule has 1 atom stereocenters. The van der Waals surface area contributed by atoms with Gasteiger partial charge in [-0.05, 0) is 51.1 Å². The Balaban J connectivity index is 1.19. The Hall–Kier alpha value is -4.87. The van der Waals surface area contributed by atoms with Gasteiger partial charge in [0.25, 0.3) is 16.3 Å². The predicted molar refractivity (Wildman–Crippen MR) is 149 cm³/mol. The van der Waals surface area contributed by atoms with Crippen LogP contribution in [0.4, 0.5) is 18.0 Å². The molecule has 1 N–H and O–H groups in total. The van der Waals surface area contributed by atoms with Crippen molar-refractivity contribution in [2.24, 2.45) is 5.92 Å². The van der Waals surface area contributed by atoms with E-state index in [0.29, 0.717) is 5.56 Å². The molecule has 5 rings (SSSR count). The van der Waals surface area contributed by atoms with Crippen LogP contribution in [0.5, 0.6) is 0 Å².